The third-order valence-corrected chi connectivity index (χ3v) is 2.76. The molecule has 1 aromatic rings. The molecule has 0 saturated heterocycles. The van der Waals surface area contributed by atoms with Gasteiger partial charge in [-0.3, -0.25) is 0 Å². The quantitative estimate of drug-likeness (QED) is 0.499. The molecule has 0 aliphatic rings. The van der Waals surface area contributed by atoms with Gasteiger partial charge in [-0.25, -0.2) is 0 Å². The summed E-state index contributed by atoms with van der Waals surface area (Å²) in [6.45, 7) is 4.61. The zero-order chi connectivity index (χ0) is 5.98. The third kappa shape index (κ3) is 1.01. The highest BCUT2D eigenvalue weighted by Crippen LogP contribution is 1.90. The fourth-order valence-corrected chi connectivity index (χ4v) is 1.58. The Hall–Kier alpha value is -0.503. The summed E-state index contributed by atoms with van der Waals surface area (Å²) in [6, 6.07) is 4.15. The van der Waals surface area contributed by atoms with Crippen LogP contribution in [0, 0.1) is 0 Å². The predicted octanol–water partition coefficient (Wildman–Crippen LogP) is 1.32. The lowest BCUT2D eigenvalue weighted by Crippen LogP contribution is -2.11. The maximum atomic E-state index is 2.31. The van der Waals surface area contributed by atoms with E-state index in [1.54, 1.807) is 0 Å². The van der Waals surface area contributed by atoms with Crippen LogP contribution in [0.25, 0.3) is 0 Å². The summed E-state index contributed by atoms with van der Waals surface area (Å²) >= 11 is 0. The summed E-state index contributed by atoms with van der Waals surface area (Å²) in [5.74, 6) is 0. The average molecular weight is 125 g/mol. The van der Waals surface area contributed by atoms with E-state index >= 15 is 0 Å². The first-order valence-electron chi connectivity index (χ1n) is 2.93. The zero-order valence-electron chi connectivity index (χ0n) is 5.33. The molecule has 0 N–H and O–H groups in total. The molecule has 0 unspecified atom stereocenters. The summed E-state index contributed by atoms with van der Waals surface area (Å²) < 4.78 is 2.31. The minimum Gasteiger partial charge on any atom is -0.384 e. The smallest absolute Gasteiger partial charge is 0.139 e. The van der Waals surface area contributed by atoms with Crippen LogP contribution in [-0.4, -0.2) is 13.2 Å². The molecule has 0 amide bonds. The van der Waals surface area contributed by atoms with Gasteiger partial charge in [-0.15, -0.1) is 0 Å². The normalized spacial score (nSPS) is 10.4. The number of hydrogen-bond acceptors (Lipinski definition) is 0. The third-order valence-electron chi connectivity index (χ3n) is 1.22. The SMILES string of the molecule is C[SiH](C)n1cccc1. The minimum atomic E-state index is -0.563. The van der Waals surface area contributed by atoms with Crippen molar-refractivity contribution in [1.82, 2.24) is 4.23 Å². The second-order valence-corrected chi connectivity index (χ2v) is 5.01. The Labute approximate surface area is 51.6 Å². The van der Waals surface area contributed by atoms with Gasteiger partial charge in [0.05, 0.1) is 0 Å². The van der Waals surface area contributed by atoms with E-state index in [9.17, 15) is 0 Å². The molecule has 0 aromatic carbocycles. The van der Waals surface area contributed by atoms with Gasteiger partial charge < -0.3 is 4.23 Å². The molecule has 2 heteroatoms. The molecule has 1 aromatic heterocycles. The van der Waals surface area contributed by atoms with Gasteiger partial charge in [-0.1, -0.05) is 13.1 Å². The van der Waals surface area contributed by atoms with Crippen LogP contribution in [0.2, 0.25) is 13.1 Å². The first-order chi connectivity index (χ1) is 3.80. The minimum absolute atomic E-state index is 0.563. The van der Waals surface area contributed by atoms with Crippen LogP contribution < -0.4 is 0 Å². The highest BCUT2D eigenvalue weighted by molar-refractivity contribution is 6.53. The molecular weight excluding hydrogens is 114 g/mol. The number of rotatable bonds is 1. The maximum absolute atomic E-state index is 2.31. The van der Waals surface area contributed by atoms with E-state index in [0.29, 0.717) is 0 Å². The standard InChI is InChI=1S/C6H11NSi/c1-8(2)7-5-3-4-6-7/h3-6,8H,1-2H3. The summed E-state index contributed by atoms with van der Waals surface area (Å²) in [5.41, 5.74) is 0. The van der Waals surface area contributed by atoms with Crippen LogP contribution in [0.4, 0.5) is 0 Å². The first-order valence-corrected chi connectivity index (χ1v) is 5.76. The van der Waals surface area contributed by atoms with Crippen molar-refractivity contribution in [3.63, 3.8) is 0 Å². The van der Waals surface area contributed by atoms with Crippen LogP contribution in [0.5, 0.6) is 0 Å². The van der Waals surface area contributed by atoms with Crippen LogP contribution in [-0.2, 0) is 0 Å². The van der Waals surface area contributed by atoms with Crippen molar-refractivity contribution in [2.45, 2.75) is 13.1 Å². The highest BCUT2D eigenvalue weighted by Gasteiger charge is 1.92. The largest absolute Gasteiger partial charge is 0.384 e. The van der Waals surface area contributed by atoms with Gasteiger partial charge >= 0.3 is 0 Å². The number of hydrogen-bond donors (Lipinski definition) is 0. The molecule has 1 rings (SSSR count). The molecule has 0 atom stereocenters. The Balaban J connectivity index is 2.77. The van der Waals surface area contributed by atoms with Gasteiger partial charge in [0.1, 0.15) is 8.96 Å². The molecule has 1 nitrogen and oxygen atoms in total. The van der Waals surface area contributed by atoms with Crippen LogP contribution in [0.1, 0.15) is 0 Å². The number of nitrogens with zero attached hydrogens (tertiary/aromatic N) is 1. The zero-order valence-corrected chi connectivity index (χ0v) is 6.49. The van der Waals surface area contributed by atoms with Crippen molar-refractivity contribution in [3.05, 3.63) is 24.5 Å². The number of aromatic nitrogens is 1. The van der Waals surface area contributed by atoms with Gasteiger partial charge in [0.15, 0.2) is 0 Å². The second-order valence-electron chi connectivity index (χ2n) is 2.22. The molecule has 0 aliphatic heterocycles. The van der Waals surface area contributed by atoms with E-state index in [1.807, 2.05) is 0 Å². The molecule has 0 fully saturated rings. The molecule has 0 aliphatic carbocycles. The lowest BCUT2D eigenvalue weighted by atomic mass is 10.7. The summed E-state index contributed by atoms with van der Waals surface area (Å²) in [5, 5.41) is 0. The van der Waals surface area contributed by atoms with Gasteiger partial charge in [0, 0.05) is 0 Å². The monoisotopic (exact) mass is 125 g/mol. The molecule has 0 saturated carbocycles. The Morgan fingerprint density at radius 2 is 1.62 bits per heavy atom. The molecule has 44 valence electrons. The molecular formula is C6H11NSi. The fraction of sp³-hybridized carbons (Fsp3) is 0.333. The van der Waals surface area contributed by atoms with Gasteiger partial charge in [0.2, 0.25) is 0 Å². The van der Waals surface area contributed by atoms with Crippen molar-refractivity contribution < 1.29 is 0 Å². The topological polar surface area (TPSA) is 4.93 Å². The van der Waals surface area contributed by atoms with Crippen molar-refractivity contribution in [3.8, 4) is 0 Å². The predicted molar refractivity (Wildman–Crippen MR) is 38.7 cm³/mol. The fourth-order valence-electron chi connectivity index (χ4n) is 0.692. The molecule has 0 radical (unpaired) electrons. The van der Waals surface area contributed by atoms with Crippen molar-refractivity contribution >= 4 is 8.96 Å². The van der Waals surface area contributed by atoms with Crippen molar-refractivity contribution in [2.24, 2.45) is 0 Å². The Kier molecular flexibility index (Phi) is 1.53. The van der Waals surface area contributed by atoms with Gasteiger partial charge in [-0.05, 0) is 24.5 Å². The van der Waals surface area contributed by atoms with Crippen LogP contribution >= 0.6 is 0 Å². The molecule has 0 spiro atoms. The molecule has 1 heterocycles. The van der Waals surface area contributed by atoms with Crippen molar-refractivity contribution in [1.29, 1.82) is 0 Å². The van der Waals surface area contributed by atoms with E-state index in [1.165, 1.54) is 0 Å². The average Bonchev–Trinajstić information content (AvgIpc) is 2.12. The first kappa shape index (κ1) is 5.63. The van der Waals surface area contributed by atoms with Crippen LogP contribution in [0.3, 0.4) is 0 Å². The Morgan fingerprint density at radius 1 is 1.12 bits per heavy atom. The molecule has 8 heavy (non-hydrogen) atoms. The van der Waals surface area contributed by atoms with Gasteiger partial charge in [-0.2, -0.15) is 0 Å². The lowest BCUT2D eigenvalue weighted by molar-refractivity contribution is 1.20. The summed E-state index contributed by atoms with van der Waals surface area (Å²) in [7, 11) is -0.563. The van der Waals surface area contributed by atoms with Crippen molar-refractivity contribution in [2.75, 3.05) is 0 Å². The molecule has 0 bridgehead atoms. The summed E-state index contributed by atoms with van der Waals surface area (Å²) in [6.07, 6.45) is 4.27. The van der Waals surface area contributed by atoms with E-state index in [0.717, 1.165) is 0 Å². The van der Waals surface area contributed by atoms with E-state index < -0.39 is 8.96 Å². The maximum Gasteiger partial charge on any atom is 0.139 e. The second kappa shape index (κ2) is 2.18. The van der Waals surface area contributed by atoms with E-state index in [2.05, 4.69) is 41.9 Å². The van der Waals surface area contributed by atoms with Gasteiger partial charge in [0.25, 0.3) is 0 Å². The lowest BCUT2D eigenvalue weighted by Gasteiger charge is -2.02. The van der Waals surface area contributed by atoms with E-state index in [-0.39, 0.29) is 0 Å². The summed E-state index contributed by atoms with van der Waals surface area (Å²) in [4.78, 5) is 0. The van der Waals surface area contributed by atoms with E-state index in [4.69, 9.17) is 0 Å². The highest BCUT2D eigenvalue weighted by atomic mass is 28.3. The van der Waals surface area contributed by atoms with Crippen LogP contribution in [0.15, 0.2) is 24.5 Å². The Bertz CT molecular complexity index is 144. The Morgan fingerprint density at radius 3 is 1.88 bits per heavy atom.